The molecule has 0 saturated heterocycles. The van der Waals surface area contributed by atoms with E-state index in [0.717, 1.165) is 29.1 Å². The molecule has 29 heavy (non-hydrogen) atoms. The SMILES string of the molecule is CCCOc1ccc(C(=O)NCc2ccc(S(=O)(=O)N(C)C)s2)cc1OCCC. The van der Waals surface area contributed by atoms with Crippen molar-refractivity contribution in [2.24, 2.45) is 0 Å². The topological polar surface area (TPSA) is 84.9 Å². The highest BCUT2D eigenvalue weighted by Crippen LogP contribution is 2.29. The number of amides is 1. The van der Waals surface area contributed by atoms with Gasteiger partial charge in [-0.3, -0.25) is 4.79 Å². The average molecular weight is 441 g/mol. The molecule has 0 saturated carbocycles. The summed E-state index contributed by atoms with van der Waals surface area (Å²) in [5, 5.41) is 2.82. The van der Waals surface area contributed by atoms with Crippen LogP contribution in [0.15, 0.2) is 34.5 Å². The van der Waals surface area contributed by atoms with Crippen molar-refractivity contribution in [3.8, 4) is 11.5 Å². The number of sulfonamides is 1. The minimum atomic E-state index is -3.47. The van der Waals surface area contributed by atoms with Gasteiger partial charge >= 0.3 is 0 Å². The first kappa shape index (κ1) is 23.2. The molecule has 0 aliphatic heterocycles. The Morgan fingerprint density at radius 1 is 1.03 bits per heavy atom. The maximum Gasteiger partial charge on any atom is 0.252 e. The third kappa shape index (κ3) is 6.19. The van der Waals surface area contributed by atoms with Crippen LogP contribution in [0.2, 0.25) is 0 Å². The Morgan fingerprint density at radius 2 is 1.69 bits per heavy atom. The molecule has 0 bridgehead atoms. The third-order valence-corrected chi connectivity index (χ3v) is 7.29. The molecular formula is C20H28N2O5S2. The fourth-order valence-electron chi connectivity index (χ4n) is 2.35. The first-order chi connectivity index (χ1) is 13.8. The van der Waals surface area contributed by atoms with Gasteiger partial charge in [-0.1, -0.05) is 13.8 Å². The molecule has 7 nitrogen and oxygen atoms in total. The molecule has 0 aliphatic rings. The highest BCUT2D eigenvalue weighted by molar-refractivity contribution is 7.91. The van der Waals surface area contributed by atoms with Crippen molar-refractivity contribution in [2.75, 3.05) is 27.3 Å². The van der Waals surface area contributed by atoms with E-state index in [1.807, 2.05) is 13.8 Å². The fraction of sp³-hybridized carbons (Fsp3) is 0.450. The van der Waals surface area contributed by atoms with Crippen molar-refractivity contribution in [2.45, 2.75) is 37.4 Å². The number of rotatable bonds is 11. The second kappa shape index (κ2) is 10.6. The maximum absolute atomic E-state index is 12.6. The summed E-state index contributed by atoms with van der Waals surface area (Å²) in [7, 11) is -0.488. The van der Waals surface area contributed by atoms with Crippen LogP contribution in [0.1, 0.15) is 41.9 Å². The quantitative estimate of drug-likeness (QED) is 0.578. The normalized spacial score (nSPS) is 11.5. The van der Waals surface area contributed by atoms with Gasteiger partial charge in [0.25, 0.3) is 15.9 Å². The molecule has 2 rings (SSSR count). The number of nitrogens with zero attached hydrogens (tertiary/aromatic N) is 1. The summed E-state index contributed by atoms with van der Waals surface area (Å²) < 4.78 is 37.1. The van der Waals surface area contributed by atoms with Gasteiger partial charge in [-0.25, -0.2) is 12.7 Å². The van der Waals surface area contributed by atoms with Crippen LogP contribution in [0, 0.1) is 0 Å². The summed E-state index contributed by atoms with van der Waals surface area (Å²) in [6.45, 7) is 5.38. The minimum absolute atomic E-state index is 0.242. The van der Waals surface area contributed by atoms with Crippen molar-refractivity contribution in [3.63, 3.8) is 0 Å². The molecular weight excluding hydrogens is 412 g/mol. The molecule has 160 valence electrons. The van der Waals surface area contributed by atoms with Crippen molar-refractivity contribution in [1.82, 2.24) is 9.62 Å². The van der Waals surface area contributed by atoms with Crippen molar-refractivity contribution < 1.29 is 22.7 Å². The van der Waals surface area contributed by atoms with Gasteiger partial charge in [-0.15, -0.1) is 11.3 Å². The molecule has 0 aliphatic carbocycles. The zero-order valence-corrected chi connectivity index (χ0v) is 18.9. The first-order valence-corrected chi connectivity index (χ1v) is 11.7. The highest BCUT2D eigenvalue weighted by Gasteiger charge is 2.20. The molecule has 9 heteroatoms. The second-order valence-electron chi connectivity index (χ2n) is 6.55. The lowest BCUT2D eigenvalue weighted by atomic mass is 10.2. The Hall–Kier alpha value is -2.10. The molecule has 1 aromatic heterocycles. The predicted molar refractivity (Wildman–Crippen MR) is 114 cm³/mol. The van der Waals surface area contributed by atoms with E-state index in [4.69, 9.17) is 9.47 Å². The summed E-state index contributed by atoms with van der Waals surface area (Å²) in [6.07, 6.45) is 1.72. The van der Waals surface area contributed by atoms with E-state index in [-0.39, 0.29) is 16.7 Å². The summed E-state index contributed by atoms with van der Waals surface area (Å²) >= 11 is 1.14. The smallest absolute Gasteiger partial charge is 0.252 e. The van der Waals surface area contributed by atoms with Crippen molar-refractivity contribution in [1.29, 1.82) is 0 Å². The number of nitrogens with one attached hydrogen (secondary N) is 1. The van der Waals surface area contributed by atoms with Crippen LogP contribution in [0.25, 0.3) is 0 Å². The van der Waals surface area contributed by atoms with Gasteiger partial charge in [-0.05, 0) is 43.2 Å². The van der Waals surface area contributed by atoms with Gasteiger partial charge in [0, 0.05) is 24.5 Å². The largest absolute Gasteiger partial charge is 0.490 e. The van der Waals surface area contributed by atoms with E-state index in [0.29, 0.717) is 30.3 Å². The summed E-state index contributed by atoms with van der Waals surface area (Å²) in [6, 6.07) is 8.36. The molecule has 1 heterocycles. The summed E-state index contributed by atoms with van der Waals surface area (Å²) in [4.78, 5) is 13.3. The van der Waals surface area contributed by atoms with E-state index < -0.39 is 10.0 Å². The van der Waals surface area contributed by atoms with Crippen LogP contribution < -0.4 is 14.8 Å². The van der Waals surface area contributed by atoms with E-state index >= 15 is 0 Å². The number of benzene rings is 1. The predicted octanol–water partition coefficient (Wildman–Crippen LogP) is 3.51. The van der Waals surface area contributed by atoms with Crippen LogP contribution >= 0.6 is 11.3 Å². The molecule has 0 radical (unpaired) electrons. The van der Waals surface area contributed by atoms with Gasteiger partial charge in [0.1, 0.15) is 4.21 Å². The molecule has 0 unspecified atom stereocenters. The number of ether oxygens (including phenoxy) is 2. The minimum Gasteiger partial charge on any atom is -0.490 e. The molecule has 0 spiro atoms. The zero-order chi connectivity index (χ0) is 21.4. The van der Waals surface area contributed by atoms with Gasteiger partial charge in [0.15, 0.2) is 11.5 Å². The molecule has 1 aromatic carbocycles. The van der Waals surface area contributed by atoms with Gasteiger partial charge in [0.2, 0.25) is 0 Å². The maximum atomic E-state index is 12.6. The number of carbonyl (C=O) groups is 1. The molecule has 1 N–H and O–H groups in total. The summed E-state index contributed by atoms with van der Waals surface area (Å²) in [5.74, 6) is 0.899. The molecule has 0 fully saturated rings. The van der Waals surface area contributed by atoms with Gasteiger partial charge < -0.3 is 14.8 Å². The van der Waals surface area contributed by atoms with Crippen LogP contribution in [-0.4, -0.2) is 45.9 Å². The van der Waals surface area contributed by atoms with E-state index in [9.17, 15) is 13.2 Å². The van der Waals surface area contributed by atoms with Crippen LogP contribution in [0.4, 0.5) is 0 Å². The molecule has 2 aromatic rings. The Labute approximate surface area is 176 Å². The van der Waals surface area contributed by atoms with E-state index in [2.05, 4.69) is 5.32 Å². The monoisotopic (exact) mass is 440 g/mol. The Kier molecular flexibility index (Phi) is 8.48. The first-order valence-electron chi connectivity index (χ1n) is 9.48. The van der Waals surface area contributed by atoms with Gasteiger partial charge in [-0.2, -0.15) is 0 Å². The van der Waals surface area contributed by atoms with Gasteiger partial charge in [0.05, 0.1) is 19.8 Å². The van der Waals surface area contributed by atoms with Crippen molar-refractivity contribution in [3.05, 3.63) is 40.8 Å². The standard InChI is InChI=1S/C20H28N2O5S2/c1-5-11-26-17-9-7-15(13-18(17)27-12-6-2)20(23)21-14-16-8-10-19(28-16)29(24,25)22(3)4/h7-10,13H,5-6,11-12,14H2,1-4H3,(H,21,23). The lowest BCUT2D eigenvalue weighted by Crippen LogP contribution is -2.22. The molecule has 1 amide bonds. The fourth-order valence-corrected chi connectivity index (χ4v) is 4.81. The van der Waals surface area contributed by atoms with E-state index in [1.165, 1.54) is 18.4 Å². The Bertz CT molecular complexity index is 923. The van der Waals surface area contributed by atoms with Crippen molar-refractivity contribution >= 4 is 27.3 Å². The number of carbonyl (C=O) groups excluding carboxylic acids is 1. The Morgan fingerprint density at radius 3 is 2.31 bits per heavy atom. The van der Waals surface area contributed by atoms with E-state index in [1.54, 1.807) is 30.3 Å². The molecule has 0 atom stereocenters. The summed E-state index contributed by atoms with van der Waals surface area (Å²) in [5.41, 5.74) is 0.456. The average Bonchev–Trinajstić information content (AvgIpc) is 3.18. The number of hydrogen-bond acceptors (Lipinski definition) is 6. The zero-order valence-electron chi connectivity index (χ0n) is 17.2. The second-order valence-corrected chi connectivity index (χ2v) is 10.1. The highest BCUT2D eigenvalue weighted by atomic mass is 32.2. The number of thiophene rings is 1. The third-order valence-electron chi connectivity index (χ3n) is 3.92. The van der Waals surface area contributed by atoms with Crippen LogP contribution in [0.5, 0.6) is 11.5 Å². The number of hydrogen-bond donors (Lipinski definition) is 1. The van der Waals surface area contributed by atoms with Crippen LogP contribution in [-0.2, 0) is 16.6 Å². The van der Waals surface area contributed by atoms with Crippen LogP contribution in [0.3, 0.4) is 0 Å². The lowest BCUT2D eigenvalue weighted by molar-refractivity contribution is 0.0950. The Balaban J connectivity index is 2.08. The lowest BCUT2D eigenvalue weighted by Gasteiger charge is -2.13.